The summed E-state index contributed by atoms with van der Waals surface area (Å²) < 4.78 is 11.6. The maximum absolute atomic E-state index is 6.99. The minimum atomic E-state index is 0.675. The third-order valence-corrected chi connectivity index (χ3v) is 13.4. The number of para-hydroxylation sites is 1. The van der Waals surface area contributed by atoms with Crippen LogP contribution in [0.5, 0.6) is 0 Å². The molecule has 0 fully saturated rings. The fourth-order valence-corrected chi connectivity index (χ4v) is 10.5. The molecular formula is C56H33N3OS. The molecule has 9 aromatic carbocycles. The van der Waals surface area contributed by atoms with E-state index in [1.54, 1.807) is 11.3 Å². The standard InChI is InChI=1S/C56H33N3OS/c1-3-13-34(14-4-1)36-25-27-37(28-26-36)52-55-53(41-19-9-10-24-50(41)61-55)58-56(57-52)43-21-12-23-49-51(43)42-20-11-22-47(54(42)60-49)59-46-30-29-40(35-15-5-2-6-16-35)32-44(46)45-31-38-17-7-8-18-39(38)33-48(45)59/h1-33H. The fourth-order valence-electron chi connectivity index (χ4n) is 9.33. The van der Waals surface area contributed by atoms with Gasteiger partial charge >= 0.3 is 0 Å². The van der Waals surface area contributed by atoms with Gasteiger partial charge in [-0.1, -0.05) is 158 Å². The highest BCUT2D eigenvalue weighted by Crippen LogP contribution is 2.44. The predicted octanol–water partition coefficient (Wildman–Crippen LogP) is 15.7. The molecule has 4 nitrogen and oxygen atoms in total. The van der Waals surface area contributed by atoms with Gasteiger partial charge in [0.1, 0.15) is 5.58 Å². The SMILES string of the molecule is c1ccc(-c2ccc(-c3nc(-c4cccc5oc6c(-n7c8ccc(-c9ccccc9)cc8c8cc9ccccc9cc87)cccc6c45)nc4c3sc3ccccc34)cc2)cc1. The normalized spacial score (nSPS) is 11.9. The average molecular weight is 796 g/mol. The van der Waals surface area contributed by atoms with Crippen LogP contribution in [0.3, 0.4) is 0 Å². The number of thiophene rings is 1. The molecule has 0 aliphatic heterocycles. The van der Waals surface area contributed by atoms with Crippen molar-refractivity contribution in [3.8, 4) is 50.6 Å². The van der Waals surface area contributed by atoms with Gasteiger partial charge in [0.25, 0.3) is 0 Å². The summed E-state index contributed by atoms with van der Waals surface area (Å²) in [7, 11) is 0. The molecule has 61 heavy (non-hydrogen) atoms. The van der Waals surface area contributed by atoms with Gasteiger partial charge in [-0.2, -0.15) is 0 Å². The zero-order valence-corrected chi connectivity index (χ0v) is 33.5. The average Bonchev–Trinajstić information content (AvgIpc) is 4.00. The molecule has 5 heteroatoms. The summed E-state index contributed by atoms with van der Waals surface area (Å²) in [5, 5.41) is 7.97. The molecule has 13 rings (SSSR count). The summed E-state index contributed by atoms with van der Waals surface area (Å²) in [5.74, 6) is 0.675. The lowest BCUT2D eigenvalue weighted by molar-refractivity contribution is 0.666. The van der Waals surface area contributed by atoms with Crippen LogP contribution in [-0.4, -0.2) is 14.5 Å². The van der Waals surface area contributed by atoms with Crippen molar-refractivity contribution in [2.45, 2.75) is 0 Å². The summed E-state index contributed by atoms with van der Waals surface area (Å²) in [6.07, 6.45) is 0. The topological polar surface area (TPSA) is 43.9 Å². The molecular weight excluding hydrogens is 763 g/mol. The van der Waals surface area contributed by atoms with Gasteiger partial charge in [0, 0.05) is 42.8 Å². The summed E-state index contributed by atoms with van der Waals surface area (Å²) in [5.41, 5.74) is 13.5. The minimum absolute atomic E-state index is 0.675. The van der Waals surface area contributed by atoms with E-state index in [9.17, 15) is 0 Å². The van der Waals surface area contributed by atoms with Crippen LogP contribution in [0.1, 0.15) is 0 Å². The summed E-state index contributed by atoms with van der Waals surface area (Å²) >= 11 is 1.75. The number of benzene rings is 9. The zero-order valence-electron chi connectivity index (χ0n) is 32.7. The first kappa shape index (κ1) is 34.0. The summed E-state index contributed by atoms with van der Waals surface area (Å²) in [6.45, 7) is 0. The predicted molar refractivity (Wildman–Crippen MR) is 256 cm³/mol. The Labute approximate surface area is 354 Å². The van der Waals surface area contributed by atoms with Gasteiger partial charge in [0.15, 0.2) is 11.4 Å². The van der Waals surface area contributed by atoms with Crippen LogP contribution in [0.15, 0.2) is 205 Å². The maximum atomic E-state index is 6.99. The molecule has 0 atom stereocenters. The second-order valence-electron chi connectivity index (χ2n) is 15.7. The minimum Gasteiger partial charge on any atom is -0.454 e. The fraction of sp³-hybridized carbons (Fsp3) is 0. The summed E-state index contributed by atoms with van der Waals surface area (Å²) in [6, 6.07) is 71.3. The van der Waals surface area contributed by atoms with Crippen molar-refractivity contribution in [1.82, 2.24) is 14.5 Å². The molecule has 0 amide bonds. The Hall–Kier alpha value is -7.86. The number of hydrogen-bond acceptors (Lipinski definition) is 4. The molecule has 0 N–H and O–H groups in total. The van der Waals surface area contributed by atoms with Crippen LogP contribution in [0.2, 0.25) is 0 Å². The first-order chi connectivity index (χ1) is 30.2. The van der Waals surface area contributed by atoms with Gasteiger partial charge in [-0.25, -0.2) is 9.97 Å². The molecule has 0 spiro atoms. The molecule has 0 bridgehead atoms. The van der Waals surface area contributed by atoms with Crippen molar-refractivity contribution < 1.29 is 4.42 Å². The van der Waals surface area contributed by atoms with E-state index in [0.29, 0.717) is 5.82 Å². The van der Waals surface area contributed by atoms with Gasteiger partial charge < -0.3 is 8.98 Å². The smallest absolute Gasteiger partial charge is 0.161 e. The van der Waals surface area contributed by atoms with E-state index < -0.39 is 0 Å². The number of rotatable bonds is 5. The van der Waals surface area contributed by atoms with Crippen molar-refractivity contribution in [3.05, 3.63) is 200 Å². The van der Waals surface area contributed by atoms with Crippen molar-refractivity contribution in [1.29, 1.82) is 0 Å². The van der Waals surface area contributed by atoms with Crippen LogP contribution >= 0.6 is 11.3 Å². The van der Waals surface area contributed by atoms with E-state index in [-0.39, 0.29) is 0 Å². The number of fused-ring (bicyclic) bond motifs is 10. The van der Waals surface area contributed by atoms with Crippen LogP contribution in [0, 0.1) is 0 Å². The van der Waals surface area contributed by atoms with Gasteiger partial charge in [-0.3, -0.25) is 0 Å². The van der Waals surface area contributed by atoms with Crippen LogP contribution in [-0.2, 0) is 0 Å². The van der Waals surface area contributed by atoms with Gasteiger partial charge in [-0.05, 0) is 75.5 Å². The zero-order chi connectivity index (χ0) is 40.0. The number of hydrogen-bond donors (Lipinski definition) is 0. The van der Waals surface area contributed by atoms with E-state index >= 15 is 0 Å². The van der Waals surface area contributed by atoms with Crippen molar-refractivity contribution in [2.75, 3.05) is 0 Å². The number of nitrogens with zero attached hydrogens (tertiary/aromatic N) is 3. The Morgan fingerprint density at radius 2 is 1.08 bits per heavy atom. The molecule has 13 aromatic rings. The molecule has 0 unspecified atom stereocenters. The lowest BCUT2D eigenvalue weighted by Gasteiger charge is -2.10. The van der Waals surface area contributed by atoms with Crippen molar-refractivity contribution in [2.24, 2.45) is 0 Å². The third kappa shape index (κ3) is 5.31. The van der Waals surface area contributed by atoms with Gasteiger partial charge in [0.2, 0.25) is 0 Å². The van der Waals surface area contributed by atoms with E-state index in [4.69, 9.17) is 14.4 Å². The highest BCUT2D eigenvalue weighted by molar-refractivity contribution is 7.26. The van der Waals surface area contributed by atoms with Crippen LogP contribution < -0.4 is 0 Å². The van der Waals surface area contributed by atoms with Crippen molar-refractivity contribution in [3.63, 3.8) is 0 Å². The molecule has 284 valence electrons. The summed E-state index contributed by atoms with van der Waals surface area (Å²) in [4.78, 5) is 10.8. The second-order valence-corrected chi connectivity index (χ2v) is 16.8. The monoisotopic (exact) mass is 795 g/mol. The van der Waals surface area contributed by atoms with E-state index in [2.05, 4.69) is 205 Å². The van der Waals surface area contributed by atoms with Crippen molar-refractivity contribution >= 4 is 86.2 Å². The van der Waals surface area contributed by atoms with Crippen LogP contribution in [0.25, 0.3) is 125 Å². The quantitative estimate of drug-likeness (QED) is 0.174. The van der Waals surface area contributed by atoms with E-state index in [0.717, 1.165) is 71.1 Å². The van der Waals surface area contributed by atoms with E-state index in [1.165, 1.54) is 48.5 Å². The third-order valence-electron chi connectivity index (χ3n) is 12.2. The number of aromatic nitrogens is 3. The highest BCUT2D eigenvalue weighted by atomic mass is 32.1. The molecule has 0 aliphatic rings. The number of furan rings is 1. The first-order valence-electron chi connectivity index (χ1n) is 20.6. The molecule has 4 heterocycles. The highest BCUT2D eigenvalue weighted by Gasteiger charge is 2.23. The Morgan fingerprint density at radius 3 is 1.90 bits per heavy atom. The van der Waals surface area contributed by atoms with Crippen LogP contribution in [0.4, 0.5) is 0 Å². The first-order valence-corrected chi connectivity index (χ1v) is 21.4. The Morgan fingerprint density at radius 1 is 0.443 bits per heavy atom. The lowest BCUT2D eigenvalue weighted by atomic mass is 10.0. The maximum Gasteiger partial charge on any atom is 0.161 e. The Bertz CT molecular complexity index is 3860. The molecule has 0 saturated heterocycles. The molecule has 0 saturated carbocycles. The molecule has 0 radical (unpaired) electrons. The molecule has 0 aliphatic carbocycles. The lowest BCUT2D eigenvalue weighted by Crippen LogP contribution is -1.95. The largest absolute Gasteiger partial charge is 0.454 e. The Kier molecular flexibility index (Phi) is 7.44. The molecule has 4 aromatic heterocycles. The second kappa shape index (κ2) is 13.3. The van der Waals surface area contributed by atoms with E-state index in [1.807, 2.05) is 0 Å². The van der Waals surface area contributed by atoms with Gasteiger partial charge in [-0.15, -0.1) is 11.3 Å². The van der Waals surface area contributed by atoms with Gasteiger partial charge in [0.05, 0.1) is 32.6 Å². The Balaban J connectivity index is 1.04.